The topological polar surface area (TPSA) is 73.4 Å². The van der Waals surface area contributed by atoms with Gasteiger partial charge in [0, 0.05) is 32.3 Å². The number of fused-ring (bicyclic) bond motifs is 2. The zero-order valence-corrected chi connectivity index (χ0v) is 18.4. The van der Waals surface area contributed by atoms with Gasteiger partial charge in [0.25, 0.3) is 6.43 Å². The first-order valence-electron chi connectivity index (χ1n) is 10.9. The van der Waals surface area contributed by atoms with Gasteiger partial charge in [-0.2, -0.15) is 15.0 Å². The van der Waals surface area contributed by atoms with Gasteiger partial charge < -0.3 is 9.64 Å². The zero-order valence-electron chi connectivity index (χ0n) is 18.4. The molecule has 0 spiro atoms. The van der Waals surface area contributed by atoms with Gasteiger partial charge in [0.1, 0.15) is 11.0 Å². The molecule has 3 aromatic heterocycles. The van der Waals surface area contributed by atoms with Crippen LogP contribution in [0, 0.1) is 12.7 Å². The van der Waals surface area contributed by atoms with Gasteiger partial charge in [0.2, 0.25) is 0 Å². The summed E-state index contributed by atoms with van der Waals surface area (Å²) >= 11 is 0. The normalized spacial score (nSPS) is 15.9. The molecule has 0 N–H and O–H groups in total. The van der Waals surface area contributed by atoms with Gasteiger partial charge in [0.05, 0.1) is 35.8 Å². The highest BCUT2D eigenvalue weighted by atomic mass is 19.3. The van der Waals surface area contributed by atoms with Crippen LogP contribution in [0.25, 0.3) is 27.9 Å². The number of rotatable bonds is 6. The van der Waals surface area contributed by atoms with Crippen molar-refractivity contribution in [3.63, 3.8) is 0 Å². The van der Waals surface area contributed by atoms with E-state index in [-0.39, 0.29) is 28.5 Å². The predicted octanol–water partition coefficient (Wildman–Crippen LogP) is 3.81. The Labute approximate surface area is 188 Å². The molecule has 11 heteroatoms. The van der Waals surface area contributed by atoms with E-state index in [2.05, 4.69) is 25.2 Å². The number of alkyl halides is 2. The Bertz CT molecular complexity index is 1290. The standard InChI is InChI=1S/C22H24F3N7O/c1-13-12-31-22(26-13)16(21(24)25)11-18(27-31)14-9-17(23)20-19(10-14)28-32(29-20)15-3-5-30(6-4-15)7-8-33-2/h9-12,15,21H,3-8H2,1-2H3. The summed E-state index contributed by atoms with van der Waals surface area (Å²) in [6, 6.07) is 4.24. The van der Waals surface area contributed by atoms with Crippen LogP contribution in [-0.2, 0) is 4.74 Å². The van der Waals surface area contributed by atoms with E-state index in [0.29, 0.717) is 23.4 Å². The van der Waals surface area contributed by atoms with E-state index in [4.69, 9.17) is 4.74 Å². The van der Waals surface area contributed by atoms with E-state index >= 15 is 0 Å². The average molecular weight is 459 g/mol. The number of piperidine rings is 1. The third kappa shape index (κ3) is 4.18. The van der Waals surface area contributed by atoms with Gasteiger partial charge in [-0.05, 0) is 38.0 Å². The maximum Gasteiger partial charge on any atom is 0.267 e. The molecule has 1 aliphatic heterocycles. The number of methoxy groups -OCH3 is 1. The molecule has 1 saturated heterocycles. The molecule has 0 unspecified atom stereocenters. The van der Waals surface area contributed by atoms with E-state index < -0.39 is 12.2 Å². The highest BCUT2D eigenvalue weighted by molar-refractivity contribution is 5.81. The minimum atomic E-state index is -2.74. The molecule has 1 aliphatic rings. The van der Waals surface area contributed by atoms with Crippen LogP contribution in [0.5, 0.6) is 0 Å². The van der Waals surface area contributed by atoms with Crippen molar-refractivity contribution >= 4 is 16.7 Å². The van der Waals surface area contributed by atoms with Gasteiger partial charge in [-0.25, -0.2) is 22.7 Å². The molecule has 0 atom stereocenters. The lowest BCUT2D eigenvalue weighted by atomic mass is 10.1. The van der Waals surface area contributed by atoms with Gasteiger partial charge >= 0.3 is 0 Å². The van der Waals surface area contributed by atoms with Crippen LogP contribution in [0.15, 0.2) is 24.4 Å². The minimum absolute atomic E-state index is 0.0767. The largest absolute Gasteiger partial charge is 0.383 e. The van der Waals surface area contributed by atoms with E-state index in [1.165, 1.54) is 16.6 Å². The van der Waals surface area contributed by atoms with Crippen LogP contribution < -0.4 is 0 Å². The highest BCUT2D eigenvalue weighted by Crippen LogP contribution is 2.30. The summed E-state index contributed by atoms with van der Waals surface area (Å²) in [5.74, 6) is -0.561. The van der Waals surface area contributed by atoms with Crippen molar-refractivity contribution in [2.24, 2.45) is 0 Å². The second-order valence-electron chi connectivity index (χ2n) is 8.35. The summed E-state index contributed by atoms with van der Waals surface area (Å²) in [4.78, 5) is 8.03. The molecule has 0 amide bonds. The Hall–Kier alpha value is -3.05. The smallest absolute Gasteiger partial charge is 0.267 e. The van der Waals surface area contributed by atoms with Crippen LogP contribution in [0.2, 0.25) is 0 Å². The Morgan fingerprint density at radius 2 is 1.91 bits per heavy atom. The number of benzene rings is 1. The molecular weight excluding hydrogens is 435 g/mol. The van der Waals surface area contributed by atoms with E-state index in [9.17, 15) is 13.2 Å². The Morgan fingerprint density at radius 3 is 2.64 bits per heavy atom. The first-order valence-corrected chi connectivity index (χ1v) is 10.9. The number of ether oxygens (including phenoxy) is 1. The minimum Gasteiger partial charge on any atom is -0.383 e. The average Bonchev–Trinajstić information content (AvgIpc) is 3.40. The third-order valence-electron chi connectivity index (χ3n) is 6.06. The number of hydrogen-bond donors (Lipinski definition) is 0. The van der Waals surface area contributed by atoms with Gasteiger partial charge in [0.15, 0.2) is 11.5 Å². The van der Waals surface area contributed by atoms with Crippen LogP contribution in [0.3, 0.4) is 0 Å². The van der Waals surface area contributed by atoms with Crippen molar-refractivity contribution in [3.8, 4) is 11.3 Å². The van der Waals surface area contributed by atoms with Crippen LogP contribution in [0.1, 0.15) is 36.6 Å². The second-order valence-corrected chi connectivity index (χ2v) is 8.35. The molecule has 0 radical (unpaired) electrons. The summed E-state index contributed by atoms with van der Waals surface area (Å²) in [5, 5.41) is 13.3. The fourth-order valence-electron chi connectivity index (χ4n) is 4.32. The highest BCUT2D eigenvalue weighted by Gasteiger charge is 2.24. The van der Waals surface area contributed by atoms with E-state index in [1.54, 1.807) is 31.1 Å². The molecule has 4 aromatic rings. The zero-order chi connectivity index (χ0) is 23.1. The molecule has 5 rings (SSSR count). The Balaban J connectivity index is 1.47. The van der Waals surface area contributed by atoms with Crippen molar-refractivity contribution in [1.82, 2.24) is 34.5 Å². The lowest BCUT2D eigenvalue weighted by molar-refractivity contribution is 0.116. The predicted molar refractivity (Wildman–Crippen MR) is 116 cm³/mol. The molecule has 1 aromatic carbocycles. The summed E-state index contributed by atoms with van der Waals surface area (Å²) in [7, 11) is 1.69. The quantitative estimate of drug-likeness (QED) is 0.437. The number of likely N-dealkylation sites (tertiary alicyclic amines) is 1. The van der Waals surface area contributed by atoms with Crippen molar-refractivity contribution in [1.29, 1.82) is 0 Å². The molecule has 0 saturated carbocycles. The van der Waals surface area contributed by atoms with E-state index in [1.807, 2.05) is 0 Å². The SMILES string of the molecule is COCCN1CCC(n2nc3cc(-c4cc(C(F)F)c5nc(C)cn5n4)cc(F)c3n2)CC1. The molecule has 0 bridgehead atoms. The second kappa shape index (κ2) is 8.71. The van der Waals surface area contributed by atoms with Gasteiger partial charge in [-0.15, -0.1) is 5.10 Å². The van der Waals surface area contributed by atoms with Crippen molar-refractivity contribution < 1.29 is 17.9 Å². The summed E-state index contributed by atoms with van der Waals surface area (Å²) in [6.45, 7) is 5.06. The maximum absolute atomic E-state index is 15.0. The number of hydrogen-bond acceptors (Lipinski definition) is 6. The maximum atomic E-state index is 15.0. The molecule has 8 nitrogen and oxygen atoms in total. The number of imidazole rings is 1. The molecule has 4 heterocycles. The summed E-state index contributed by atoms with van der Waals surface area (Å²) < 4.78 is 48.7. The Kier molecular flexibility index (Phi) is 5.75. The van der Waals surface area contributed by atoms with Crippen LogP contribution in [0.4, 0.5) is 13.2 Å². The van der Waals surface area contributed by atoms with E-state index in [0.717, 1.165) is 32.5 Å². The number of aryl methyl sites for hydroxylation is 1. The fourth-order valence-corrected chi connectivity index (χ4v) is 4.32. The van der Waals surface area contributed by atoms with Crippen molar-refractivity contribution in [3.05, 3.63) is 41.5 Å². The molecule has 174 valence electrons. The van der Waals surface area contributed by atoms with Crippen molar-refractivity contribution in [2.45, 2.75) is 32.2 Å². The fraction of sp³-hybridized carbons (Fsp3) is 0.455. The first kappa shape index (κ1) is 21.8. The van der Waals surface area contributed by atoms with Crippen LogP contribution in [-0.4, -0.2) is 67.8 Å². The summed E-state index contributed by atoms with van der Waals surface area (Å²) in [6.07, 6.45) is 0.541. The molecular formula is C22H24F3N7O. The van der Waals surface area contributed by atoms with Crippen LogP contribution >= 0.6 is 0 Å². The number of nitrogens with zero attached hydrogens (tertiary/aromatic N) is 7. The summed E-state index contributed by atoms with van der Waals surface area (Å²) in [5.41, 5.74) is 1.52. The Morgan fingerprint density at radius 1 is 1.12 bits per heavy atom. The monoisotopic (exact) mass is 459 g/mol. The lowest BCUT2D eigenvalue weighted by Gasteiger charge is -2.30. The van der Waals surface area contributed by atoms with Gasteiger partial charge in [-0.3, -0.25) is 0 Å². The third-order valence-corrected chi connectivity index (χ3v) is 6.06. The number of halogens is 3. The molecule has 33 heavy (non-hydrogen) atoms. The molecule has 1 fully saturated rings. The first-order chi connectivity index (χ1) is 15.9. The van der Waals surface area contributed by atoms with Crippen molar-refractivity contribution in [2.75, 3.05) is 33.4 Å². The molecule has 0 aliphatic carbocycles. The number of aromatic nitrogens is 6. The lowest BCUT2D eigenvalue weighted by Crippen LogP contribution is -2.37. The van der Waals surface area contributed by atoms with Gasteiger partial charge in [-0.1, -0.05) is 0 Å².